The Bertz CT molecular complexity index is 1240. The molecule has 2 aromatic heterocycles. The molecule has 12 heteroatoms. The third kappa shape index (κ3) is 5.87. The molecule has 0 bridgehead atoms. The Balaban J connectivity index is 1.49. The summed E-state index contributed by atoms with van der Waals surface area (Å²) in [7, 11) is 1.53. The molecule has 4 rings (SSSR count). The number of allylic oxidation sites excluding steroid dienone is 2. The highest BCUT2D eigenvalue weighted by atomic mass is 79.9. The van der Waals surface area contributed by atoms with Crippen LogP contribution in [0.25, 0.3) is 6.08 Å². The number of hydrogen-bond donors (Lipinski definition) is 3. The second-order valence-corrected chi connectivity index (χ2v) is 9.49. The number of amides is 1. The van der Waals surface area contributed by atoms with Crippen LogP contribution in [0.15, 0.2) is 46.5 Å². The molecule has 0 aromatic carbocycles. The lowest BCUT2D eigenvalue weighted by molar-refractivity contribution is -0.303. The summed E-state index contributed by atoms with van der Waals surface area (Å²) in [5.74, 6) is 1.12. The molecule has 2 unspecified atom stereocenters. The zero-order chi connectivity index (χ0) is 25.4. The molecule has 0 aliphatic heterocycles. The fourth-order valence-corrected chi connectivity index (χ4v) is 4.62. The number of carbonyl (C=O) groups is 1. The van der Waals surface area contributed by atoms with Gasteiger partial charge in [0.1, 0.15) is 23.0 Å². The summed E-state index contributed by atoms with van der Waals surface area (Å²) in [5, 5.41) is 5.78. The van der Waals surface area contributed by atoms with Gasteiger partial charge < -0.3 is 25.1 Å². The number of H-pyrrole nitrogens is 1. The molecular weight excluding hydrogens is 531 g/mol. The van der Waals surface area contributed by atoms with Gasteiger partial charge >= 0.3 is 6.36 Å². The van der Waals surface area contributed by atoms with Crippen molar-refractivity contribution in [2.45, 2.75) is 38.6 Å². The normalized spacial score (nSPS) is 21.8. The van der Waals surface area contributed by atoms with Gasteiger partial charge in [0.25, 0.3) is 5.91 Å². The molecule has 2 atom stereocenters. The SMILES string of the molecule is CNC(=O)c1cc(OC2=Cc3nc(NC4(C)C=CC(OC(F)(F)F)=C(Br)C4)[nH]c3CC2C)ccn1. The summed E-state index contributed by atoms with van der Waals surface area (Å²) in [4.78, 5) is 23.7. The number of imidazole rings is 1. The first kappa shape index (κ1) is 24.8. The lowest BCUT2D eigenvalue weighted by Gasteiger charge is -2.31. The first-order chi connectivity index (χ1) is 16.4. The summed E-state index contributed by atoms with van der Waals surface area (Å²) in [6.07, 6.45) is 2.34. The number of nitrogens with zero attached hydrogens (tertiary/aromatic N) is 2. The largest absolute Gasteiger partial charge is 0.573 e. The van der Waals surface area contributed by atoms with Crippen molar-refractivity contribution in [1.29, 1.82) is 0 Å². The summed E-state index contributed by atoms with van der Waals surface area (Å²) >= 11 is 3.20. The van der Waals surface area contributed by atoms with Crippen molar-refractivity contribution < 1.29 is 27.4 Å². The Morgan fingerprint density at radius 1 is 1.37 bits per heavy atom. The van der Waals surface area contributed by atoms with Crippen LogP contribution in [0.3, 0.4) is 0 Å². The van der Waals surface area contributed by atoms with Crippen LogP contribution in [0, 0.1) is 5.92 Å². The van der Waals surface area contributed by atoms with Crippen molar-refractivity contribution in [3.8, 4) is 5.75 Å². The lowest BCUT2D eigenvalue weighted by atomic mass is 9.93. The third-order valence-corrected chi connectivity index (χ3v) is 6.21. The first-order valence-electron chi connectivity index (χ1n) is 10.7. The van der Waals surface area contributed by atoms with Gasteiger partial charge in [0, 0.05) is 47.9 Å². The number of aromatic amines is 1. The molecule has 2 heterocycles. The van der Waals surface area contributed by atoms with Gasteiger partial charge in [-0.2, -0.15) is 0 Å². The van der Waals surface area contributed by atoms with E-state index in [0.29, 0.717) is 34.1 Å². The van der Waals surface area contributed by atoms with Gasteiger partial charge in [0.15, 0.2) is 0 Å². The molecule has 0 saturated carbocycles. The second kappa shape index (κ2) is 9.40. The van der Waals surface area contributed by atoms with Crippen molar-refractivity contribution >= 4 is 33.9 Å². The van der Waals surface area contributed by atoms with E-state index in [2.05, 4.69) is 46.3 Å². The van der Waals surface area contributed by atoms with Gasteiger partial charge in [-0.25, -0.2) is 4.98 Å². The van der Waals surface area contributed by atoms with E-state index in [9.17, 15) is 18.0 Å². The molecule has 8 nitrogen and oxygen atoms in total. The van der Waals surface area contributed by atoms with Gasteiger partial charge in [-0.1, -0.05) is 28.9 Å². The highest BCUT2D eigenvalue weighted by Gasteiger charge is 2.36. The average molecular weight is 554 g/mol. The Hall–Kier alpha value is -3.28. The van der Waals surface area contributed by atoms with Crippen LogP contribution < -0.4 is 15.4 Å². The molecule has 1 amide bonds. The number of halogens is 4. The smallest absolute Gasteiger partial charge is 0.461 e. The molecule has 35 heavy (non-hydrogen) atoms. The molecule has 186 valence electrons. The summed E-state index contributed by atoms with van der Waals surface area (Å²) in [6.45, 7) is 3.86. The van der Waals surface area contributed by atoms with Crippen LogP contribution >= 0.6 is 15.9 Å². The van der Waals surface area contributed by atoms with Crippen molar-refractivity contribution in [3.63, 3.8) is 0 Å². The number of anilines is 1. The van der Waals surface area contributed by atoms with E-state index in [1.807, 2.05) is 19.9 Å². The van der Waals surface area contributed by atoms with Gasteiger partial charge in [0.05, 0.1) is 11.2 Å². The number of ether oxygens (including phenoxy) is 2. The Morgan fingerprint density at radius 3 is 2.83 bits per heavy atom. The van der Waals surface area contributed by atoms with E-state index in [1.165, 1.54) is 19.3 Å². The van der Waals surface area contributed by atoms with Gasteiger partial charge in [-0.15, -0.1) is 13.2 Å². The Labute approximate surface area is 207 Å². The number of nitrogens with one attached hydrogen (secondary N) is 3. The summed E-state index contributed by atoms with van der Waals surface area (Å²) < 4.78 is 48.1. The van der Waals surface area contributed by atoms with Crippen molar-refractivity contribution in [2.75, 3.05) is 12.4 Å². The molecular formula is C23H23BrF3N5O3. The molecule has 2 aromatic rings. The van der Waals surface area contributed by atoms with Gasteiger partial charge in [-0.3, -0.25) is 9.78 Å². The van der Waals surface area contributed by atoms with Crippen LogP contribution in [-0.4, -0.2) is 39.8 Å². The van der Waals surface area contributed by atoms with Crippen LogP contribution in [0.1, 0.15) is 42.1 Å². The van der Waals surface area contributed by atoms with Crippen LogP contribution in [0.2, 0.25) is 0 Å². The summed E-state index contributed by atoms with van der Waals surface area (Å²) in [6, 6.07) is 3.24. The molecule has 0 spiro atoms. The number of aromatic nitrogens is 3. The highest BCUT2D eigenvalue weighted by molar-refractivity contribution is 9.11. The van der Waals surface area contributed by atoms with Crippen LogP contribution in [-0.2, 0) is 11.2 Å². The zero-order valence-corrected chi connectivity index (χ0v) is 20.7. The maximum Gasteiger partial charge on any atom is 0.573 e. The monoisotopic (exact) mass is 553 g/mol. The number of carbonyl (C=O) groups excluding carboxylic acids is 1. The number of alkyl halides is 3. The van der Waals surface area contributed by atoms with Crippen molar-refractivity contribution in [3.05, 3.63) is 63.6 Å². The molecule has 0 radical (unpaired) electrons. The Kier molecular flexibility index (Phi) is 6.67. The van der Waals surface area contributed by atoms with E-state index >= 15 is 0 Å². The number of hydrogen-bond acceptors (Lipinski definition) is 6. The predicted molar refractivity (Wildman–Crippen MR) is 127 cm³/mol. The predicted octanol–water partition coefficient (Wildman–Crippen LogP) is 5.05. The molecule has 0 saturated heterocycles. The lowest BCUT2D eigenvalue weighted by Crippen LogP contribution is -2.35. The quantitative estimate of drug-likeness (QED) is 0.462. The fraction of sp³-hybridized carbons (Fsp3) is 0.348. The van der Waals surface area contributed by atoms with Crippen LogP contribution in [0.5, 0.6) is 5.75 Å². The van der Waals surface area contributed by atoms with E-state index in [4.69, 9.17) is 4.74 Å². The molecule has 2 aliphatic carbocycles. The standard InChI is InChI=1S/C23H23BrF3N5O3/c1-12-8-15-16(10-19(12)34-13-5-7-29-17(9-13)20(33)28-3)31-21(30-15)32-22(2)6-4-18(14(24)11-22)35-23(25,26)27/h4-7,9-10,12H,8,11H2,1-3H3,(H,28,33)(H2,30,31,32). The van der Waals surface area contributed by atoms with Crippen molar-refractivity contribution in [1.82, 2.24) is 20.3 Å². The van der Waals surface area contributed by atoms with Crippen LogP contribution in [0.4, 0.5) is 19.1 Å². The second-order valence-electron chi connectivity index (χ2n) is 8.53. The highest BCUT2D eigenvalue weighted by Crippen LogP contribution is 2.37. The van der Waals surface area contributed by atoms with E-state index in [-0.39, 0.29) is 29.7 Å². The maximum atomic E-state index is 12.6. The minimum absolute atomic E-state index is 0.0386. The van der Waals surface area contributed by atoms with E-state index in [1.54, 1.807) is 18.2 Å². The summed E-state index contributed by atoms with van der Waals surface area (Å²) in [5.41, 5.74) is 1.16. The molecule has 0 fully saturated rings. The average Bonchev–Trinajstić information content (AvgIpc) is 3.15. The Morgan fingerprint density at radius 2 is 2.14 bits per heavy atom. The number of fused-ring (bicyclic) bond motifs is 1. The van der Waals surface area contributed by atoms with Gasteiger partial charge in [0.2, 0.25) is 5.95 Å². The number of rotatable bonds is 6. The topological polar surface area (TPSA) is 101 Å². The van der Waals surface area contributed by atoms with Crippen molar-refractivity contribution in [2.24, 2.45) is 5.92 Å². The minimum atomic E-state index is -4.76. The first-order valence-corrected chi connectivity index (χ1v) is 11.5. The van der Waals surface area contributed by atoms with E-state index < -0.39 is 11.9 Å². The molecule has 2 aliphatic rings. The maximum absolute atomic E-state index is 12.6. The zero-order valence-electron chi connectivity index (χ0n) is 19.1. The number of pyridine rings is 1. The van der Waals surface area contributed by atoms with E-state index in [0.717, 1.165) is 5.69 Å². The fourth-order valence-electron chi connectivity index (χ4n) is 3.82. The third-order valence-electron chi connectivity index (χ3n) is 5.53. The molecule has 3 N–H and O–H groups in total. The minimum Gasteiger partial charge on any atom is -0.461 e. The van der Waals surface area contributed by atoms with Gasteiger partial charge in [-0.05, 0) is 25.5 Å².